The van der Waals surface area contributed by atoms with Gasteiger partial charge in [-0.25, -0.2) is 4.79 Å². The van der Waals surface area contributed by atoms with Gasteiger partial charge >= 0.3 is 12.3 Å². The molecule has 0 spiro atoms. The largest absolute Gasteiger partial charge is 0.573 e. The summed E-state index contributed by atoms with van der Waals surface area (Å²) in [5, 5.41) is 8.78. The number of hydrogen-bond donors (Lipinski definition) is 0. The fourth-order valence-electron chi connectivity index (χ4n) is 1.17. The van der Waals surface area contributed by atoms with Gasteiger partial charge in [0.2, 0.25) is 0 Å². The Bertz CT molecular complexity index is 522. The first-order valence-corrected chi connectivity index (χ1v) is 5.44. The molecule has 1 rings (SSSR count). The van der Waals surface area contributed by atoms with Gasteiger partial charge in [-0.1, -0.05) is 0 Å². The van der Waals surface area contributed by atoms with Crippen molar-refractivity contribution in [3.05, 3.63) is 26.8 Å². The number of halogens is 4. The Morgan fingerprint density at radius 3 is 2.50 bits per heavy atom. The molecule has 0 N–H and O–H groups in total. The zero-order valence-corrected chi connectivity index (χ0v) is 11.0. The molecule has 0 aliphatic rings. The first-order valence-electron chi connectivity index (χ1n) is 4.36. The van der Waals surface area contributed by atoms with E-state index in [4.69, 9.17) is 5.26 Å². The molecule has 0 aliphatic carbocycles. The van der Waals surface area contributed by atoms with Crippen molar-refractivity contribution in [3.8, 4) is 11.8 Å². The minimum atomic E-state index is -4.96. The van der Waals surface area contributed by atoms with Crippen LogP contribution in [0.1, 0.15) is 15.9 Å². The van der Waals surface area contributed by atoms with Crippen LogP contribution in [0.2, 0.25) is 0 Å². The maximum Gasteiger partial charge on any atom is 0.573 e. The summed E-state index contributed by atoms with van der Waals surface area (Å²) >= 11 is 1.57. The van der Waals surface area contributed by atoms with Crippen molar-refractivity contribution >= 4 is 28.6 Å². The SMILES string of the molecule is COC(=O)c1c(C#N)ccc(I)c1OC(F)(F)F. The van der Waals surface area contributed by atoms with Gasteiger partial charge in [0, 0.05) is 0 Å². The quantitative estimate of drug-likeness (QED) is 0.593. The second kappa shape index (κ2) is 5.43. The van der Waals surface area contributed by atoms with Crippen LogP contribution in [0.3, 0.4) is 0 Å². The van der Waals surface area contributed by atoms with E-state index in [1.807, 2.05) is 0 Å². The van der Waals surface area contributed by atoms with Gasteiger partial charge in [0.1, 0.15) is 11.6 Å². The van der Waals surface area contributed by atoms with Gasteiger partial charge in [-0.3, -0.25) is 0 Å². The fourth-order valence-corrected chi connectivity index (χ4v) is 1.73. The Labute approximate surface area is 113 Å². The molecule has 96 valence electrons. The first-order chi connectivity index (χ1) is 8.30. The van der Waals surface area contributed by atoms with Gasteiger partial charge in [-0.15, -0.1) is 13.2 Å². The van der Waals surface area contributed by atoms with E-state index in [9.17, 15) is 18.0 Å². The second-order valence-corrected chi connectivity index (χ2v) is 4.11. The molecule has 1 aromatic carbocycles. The van der Waals surface area contributed by atoms with Crippen molar-refractivity contribution in [1.82, 2.24) is 0 Å². The maximum absolute atomic E-state index is 12.2. The van der Waals surface area contributed by atoms with Gasteiger partial charge < -0.3 is 9.47 Å². The predicted molar refractivity (Wildman–Crippen MR) is 61.9 cm³/mol. The Kier molecular flexibility index (Phi) is 4.39. The van der Waals surface area contributed by atoms with Crippen molar-refractivity contribution in [2.24, 2.45) is 0 Å². The Morgan fingerprint density at radius 2 is 2.06 bits per heavy atom. The normalized spacial score (nSPS) is 10.7. The van der Waals surface area contributed by atoms with E-state index in [2.05, 4.69) is 9.47 Å². The fraction of sp³-hybridized carbons (Fsp3) is 0.200. The topological polar surface area (TPSA) is 59.3 Å². The Hall–Kier alpha value is -1.50. The van der Waals surface area contributed by atoms with Crippen LogP contribution in [0.4, 0.5) is 13.2 Å². The van der Waals surface area contributed by atoms with Crippen LogP contribution >= 0.6 is 22.6 Å². The van der Waals surface area contributed by atoms with Crippen molar-refractivity contribution < 1.29 is 27.4 Å². The third-order valence-corrected chi connectivity index (χ3v) is 2.69. The smallest absolute Gasteiger partial charge is 0.465 e. The number of rotatable bonds is 2. The molecule has 0 heterocycles. The maximum atomic E-state index is 12.2. The van der Waals surface area contributed by atoms with Crippen LogP contribution < -0.4 is 4.74 Å². The van der Waals surface area contributed by atoms with E-state index in [-0.39, 0.29) is 9.13 Å². The summed E-state index contributed by atoms with van der Waals surface area (Å²) in [6, 6.07) is 4.07. The third-order valence-electron chi connectivity index (χ3n) is 1.84. The van der Waals surface area contributed by atoms with Crippen LogP contribution in [0.15, 0.2) is 12.1 Å². The molecule has 0 saturated heterocycles. The zero-order valence-electron chi connectivity index (χ0n) is 8.84. The molecule has 0 fully saturated rings. The first kappa shape index (κ1) is 14.6. The predicted octanol–water partition coefficient (Wildman–Crippen LogP) is 2.85. The lowest BCUT2D eigenvalue weighted by atomic mass is 10.1. The molecular formula is C10H5F3INO3. The van der Waals surface area contributed by atoms with Gasteiger partial charge in [0.25, 0.3) is 0 Å². The molecule has 0 aliphatic heterocycles. The molecule has 1 aromatic rings. The highest BCUT2D eigenvalue weighted by molar-refractivity contribution is 14.1. The average Bonchev–Trinajstić information content (AvgIpc) is 2.29. The van der Waals surface area contributed by atoms with E-state index in [0.717, 1.165) is 7.11 Å². The van der Waals surface area contributed by atoms with E-state index >= 15 is 0 Å². The Balaban J connectivity index is 3.47. The van der Waals surface area contributed by atoms with Crippen molar-refractivity contribution in [2.75, 3.05) is 7.11 Å². The molecule has 4 nitrogen and oxygen atoms in total. The van der Waals surface area contributed by atoms with Gasteiger partial charge in [0.15, 0.2) is 5.75 Å². The zero-order chi connectivity index (χ0) is 13.9. The number of nitrogens with zero attached hydrogens (tertiary/aromatic N) is 1. The molecular weight excluding hydrogens is 366 g/mol. The minimum absolute atomic E-state index is 0.0457. The molecule has 8 heteroatoms. The number of alkyl halides is 3. The number of carbonyl (C=O) groups is 1. The summed E-state index contributed by atoms with van der Waals surface area (Å²) in [5.74, 6) is -1.79. The van der Waals surface area contributed by atoms with Gasteiger partial charge in [-0.05, 0) is 34.7 Å². The third kappa shape index (κ3) is 3.25. The number of methoxy groups -OCH3 is 1. The number of esters is 1. The van der Waals surface area contributed by atoms with Crippen LogP contribution in [0.25, 0.3) is 0 Å². The molecule has 18 heavy (non-hydrogen) atoms. The van der Waals surface area contributed by atoms with Crippen LogP contribution in [0, 0.1) is 14.9 Å². The van der Waals surface area contributed by atoms with Crippen molar-refractivity contribution in [2.45, 2.75) is 6.36 Å². The van der Waals surface area contributed by atoms with Crippen LogP contribution in [0.5, 0.6) is 5.75 Å². The Morgan fingerprint density at radius 1 is 1.44 bits per heavy atom. The molecule has 0 radical (unpaired) electrons. The molecule has 0 bridgehead atoms. The van der Waals surface area contributed by atoms with Crippen LogP contribution in [-0.4, -0.2) is 19.4 Å². The molecule has 0 unspecified atom stereocenters. The summed E-state index contributed by atoms with van der Waals surface area (Å²) in [5.41, 5.74) is -0.786. The number of carbonyl (C=O) groups excluding carboxylic acids is 1. The molecule has 0 atom stereocenters. The number of ether oxygens (including phenoxy) is 2. The van der Waals surface area contributed by atoms with Gasteiger partial charge in [-0.2, -0.15) is 5.26 Å². The van der Waals surface area contributed by atoms with E-state index in [1.54, 1.807) is 28.7 Å². The highest BCUT2D eigenvalue weighted by Crippen LogP contribution is 2.33. The van der Waals surface area contributed by atoms with Crippen molar-refractivity contribution in [3.63, 3.8) is 0 Å². The number of nitriles is 1. The van der Waals surface area contributed by atoms with Gasteiger partial charge in [0.05, 0.1) is 16.2 Å². The summed E-state index contributed by atoms with van der Waals surface area (Å²) in [4.78, 5) is 11.4. The standard InChI is InChI=1S/C10H5F3INO3/c1-17-9(16)7-5(4-15)2-3-6(14)8(7)18-10(11,12)13/h2-3H,1H3. The number of hydrogen-bond acceptors (Lipinski definition) is 4. The minimum Gasteiger partial charge on any atom is -0.465 e. The second-order valence-electron chi connectivity index (χ2n) is 2.95. The van der Waals surface area contributed by atoms with E-state index < -0.39 is 23.6 Å². The molecule has 0 aromatic heterocycles. The molecule has 0 saturated carbocycles. The van der Waals surface area contributed by atoms with E-state index in [1.165, 1.54) is 12.1 Å². The van der Waals surface area contributed by atoms with E-state index in [0.29, 0.717) is 0 Å². The monoisotopic (exact) mass is 371 g/mol. The summed E-state index contributed by atoms with van der Waals surface area (Å²) in [6.07, 6.45) is -4.96. The lowest BCUT2D eigenvalue weighted by Gasteiger charge is -2.14. The lowest BCUT2D eigenvalue weighted by Crippen LogP contribution is -2.21. The summed E-state index contributed by atoms with van der Waals surface area (Å²) in [7, 11) is 1.00. The highest BCUT2D eigenvalue weighted by atomic mass is 127. The summed E-state index contributed by atoms with van der Waals surface area (Å²) < 4.78 is 44.9. The molecule has 0 amide bonds. The number of benzene rings is 1. The lowest BCUT2D eigenvalue weighted by molar-refractivity contribution is -0.275. The van der Waals surface area contributed by atoms with Crippen molar-refractivity contribution in [1.29, 1.82) is 5.26 Å². The highest BCUT2D eigenvalue weighted by Gasteiger charge is 2.35. The average molecular weight is 371 g/mol. The summed E-state index contributed by atoms with van der Waals surface area (Å²) in [6.45, 7) is 0. The van der Waals surface area contributed by atoms with Crippen LogP contribution in [-0.2, 0) is 4.74 Å².